The first-order chi connectivity index (χ1) is 13.6. The van der Waals surface area contributed by atoms with Gasteiger partial charge in [0.05, 0.1) is 6.04 Å². The van der Waals surface area contributed by atoms with Crippen LogP contribution in [0.4, 0.5) is 0 Å². The van der Waals surface area contributed by atoms with E-state index >= 15 is 0 Å². The van der Waals surface area contributed by atoms with Crippen molar-refractivity contribution in [2.24, 2.45) is 0 Å². The molecule has 1 atom stereocenters. The van der Waals surface area contributed by atoms with Gasteiger partial charge in [-0.1, -0.05) is 25.0 Å². The highest BCUT2D eigenvalue weighted by Gasteiger charge is 2.23. The molecule has 0 spiro atoms. The topological polar surface area (TPSA) is 106 Å². The number of rotatable bonds is 5. The van der Waals surface area contributed by atoms with Crippen LogP contribution >= 0.6 is 0 Å². The number of nitrogens with one attached hydrogen (secondary N) is 2. The fourth-order valence-electron chi connectivity index (χ4n) is 3.71. The lowest BCUT2D eigenvalue weighted by atomic mass is 10.1. The predicted molar refractivity (Wildman–Crippen MR) is 104 cm³/mol. The Hall–Kier alpha value is -3.29. The zero-order valence-corrected chi connectivity index (χ0v) is 15.6. The van der Waals surface area contributed by atoms with E-state index in [1.165, 1.54) is 19.0 Å². The summed E-state index contributed by atoms with van der Waals surface area (Å²) in [6.07, 6.45) is 9.52. The van der Waals surface area contributed by atoms with Gasteiger partial charge in [-0.05, 0) is 37.5 Å². The van der Waals surface area contributed by atoms with Gasteiger partial charge in [0, 0.05) is 29.6 Å². The van der Waals surface area contributed by atoms with Gasteiger partial charge in [0.2, 0.25) is 0 Å². The lowest BCUT2D eigenvalue weighted by Gasteiger charge is -2.19. The van der Waals surface area contributed by atoms with Crippen molar-refractivity contribution in [2.75, 3.05) is 0 Å². The SMILES string of the molecule is C[C@H](NC(=O)c1cccc(-c2cnc(=O)[nH]c2)c1)c1nncn1C1CCCC1. The molecule has 8 nitrogen and oxygen atoms in total. The van der Waals surface area contributed by atoms with E-state index in [0.29, 0.717) is 11.6 Å². The molecule has 144 valence electrons. The smallest absolute Gasteiger partial charge is 0.342 e. The summed E-state index contributed by atoms with van der Waals surface area (Å²) in [5.41, 5.74) is 1.67. The summed E-state index contributed by atoms with van der Waals surface area (Å²) >= 11 is 0. The molecule has 3 aromatic rings. The molecule has 28 heavy (non-hydrogen) atoms. The number of hydrogen-bond acceptors (Lipinski definition) is 5. The second kappa shape index (κ2) is 7.75. The maximum absolute atomic E-state index is 12.8. The Labute approximate surface area is 162 Å². The average molecular weight is 378 g/mol. The van der Waals surface area contributed by atoms with Crippen LogP contribution in [-0.2, 0) is 0 Å². The van der Waals surface area contributed by atoms with Crippen molar-refractivity contribution in [3.05, 3.63) is 64.9 Å². The fraction of sp³-hybridized carbons (Fsp3) is 0.350. The third-order valence-electron chi connectivity index (χ3n) is 5.18. The minimum absolute atomic E-state index is 0.187. The molecule has 2 aromatic heterocycles. The zero-order valence-electron chi connectivity index (χ0n) is 15.6. The van der Waals surface area contributed by atoms with Gasteiger partial charge < -0.3 is 14.9 Å². The summed E-state index contributed by atoms with van der Waals surface area (Å²) in [6.45, 7) is 1.92. The van der Waals surface area contributed by atoms with Crippen molar-refractivity contribution < 1.29 is 4.79 Å². The zero-order chi connectivity index (χ0) is 19.5. The summed E-state index contributed by atoms with van der Waals surface area (Å²) in [7, 11) is 0. The van der Waals surface area contributed by atoms with Crippen molar-refractivity contribution in [1.82, 2.24) is 30.0 Å². The predicted octanol–water partition coefficient (Wildman–Crippen LogP) is 2.63. The Morgan fingerprint density at radius 1 is 1.29 bits per heavy atom. The standard InChI is InChI=1S/C20H22N6O2/c1-13(18-25-23-12-26(18)17-7-2-3-8-17)24-19(27)15-6-4-5-14(9-15)16-10-21-20(28)22-11-16/h4-6,9-13,17H,2-3,7-8H2,1H3,(H,24,27)(H,21,22,28)/t13-/m0/s1. The van der Waals surface area contributed by atoms with Gasteiger partial charge in [-0.25, -0.2) is 9.78 Å². The van der Waals surface area contributed by atoms with Gasteiger partial charge in [0.25, 0.3) is 5.91 Å². The highest BCUT2D eigenvalue weighted by Crippen LogP contribution is 2.31. The number of aromatic nitrogens is 5. The van der Waals surface area contributed by atoms with E-state index in [0.717, 1.165) is 29.8 Å². The molecule has 4 rings (SSSR count). The van der Waals surface area contributed by atoms with E-state index in [9.17, 15) is 9.59 Å². The van der Waals surface area contributed by atoms with E-state index in [2.05, 4.69) is 30.0 Å². The molecule has 0 bridgehead atoms. The average Bonchev–Trinajstić information content (AvgIpc) is 3.40. The molecule has 2 heterocycles. The van der Waals surface area contributed by atoms with Crippen LogP contribution in [0.2, 0.25) is 0 Å². The van der Waals surface area contributed by atoms with E-state index in [4.69, 9.17) is 0 Å². The Morgan fingerprint density at radius 2 is 2.11 bits per heavy atom. The van der Waals surface area contributed by atoms with Crippen LogP contribution in [-0.4, -0.2) is 30.6 Å². The highest BCUT2D eigenvalue weighted by atomic mass is 16.2. The summed E-state index contributed by atoms with van der Waals surface area (Å²) < 4.78 is 2.10. The molecule has 1 saturated carbocycles. The monoisotopic (exact) mass is 378 g/mol. The molecule has 2 N–H and O–H groups in total. The molecule has 0 saturated heterocycles. The quantitative estimate of drug-likeness (QED) is 0.710. The fourth-order valence-corrected chi connectivity index (χ4v) is 3.71. The van der Waals surface area contributed by atoms with Crippen LogP contribution in [0, 0.1) is 0 Å². The number of hydrogen-bond donors (Lipinski definition) is 2. The van der Waals surface area contributed by atoms with Crippen LogP contribution in [0.15, 0.2) is 47.8 Å². The van der Waals surface area contributed by atoms with E-state index in [1.54, 1.807) is 30.7 Å². The molecule has 1 aliphatic rings. The molecule has 1 fully saturated rings. The van der Waals surface area contributed by atoms with E-state index in [1.807, 2.05) is 13.0 Å². The molecule has 1 amide bonds. The summed E-state index contributed by atoms with van der Waals surface area (Å²) in [5, 5.41) is 11.3. The van der Waals surface area contributed by atoms with Crippen LogP contribution in [0.5, 0.6) is 0 Å². The Kier molecular flexibility index (Phi) is 5.01. The Bertz CT molecular complexity index is 1010. The van der Waals surface area contributed by atoms with E-state index in [-0.39, 0.29) is 11.9 Å². The van der Waals surface area contributed by atoms with Crippen molar-refractivity contribution >= 4 is 5.91 Å². The number of benzene rings is 1. The van der Waals surface area contributed by atoms with Crippen LogP contribution in [0.25, 0.3) is 11.1 Å². The van der Waals surface area contributed by atoms with Crippen LogP contribution < -0.4 is 11.0 Å². The molecular weight excluding hydrogens is 356 g/mol. The second-order valence-electron chi connectivity index (χ2n) is 7.12. The minimum Gasteiger partial charge on any atom is -0.342 e. The highest BCUT2D eigenvalue weighted by molar-refractivity contribution is 5.95. The molecule has 1 aromatic carbocycles. The van der Waals surface area contributed by atoms with Crippen LogP contribution in [0.3, 0.4) is 0 Å². The molecule has 0 aliphatic heterocycles. The Balaban J connectivity index is 1.51. The first-order valence-electron chi connectivity index (χ1n) is 9.47. The molecule has 0 unspecified atom stereocenters. The largest absolute Gasteiger partial charge is 0.344 e. The number of nitrogens with zero attached hydrogens (tertiary/aromatic N) is 4. The lowest BCUT2D eigenvalue weighted by molar-refractivity contribution is 0.0937. The van der Waals surface area contributed by atoms with Gasteiger partial charge in [0.15, 0.2) is 5.82 Å². The van der Waals surface area contributed by atoms with Crippen molar-refractivity contribution in [3.8, 4) is 11.1 Å². The number of amides is 1. The normalized spacial score (nSPS) is 15.5. The van der Waals surface area contributed by atoms with Gasteiger partial charge in [-0.15, -0.1) is 10.2 Å². The first-order valence-corrected chi connectivity index (χ1v) is 9.47. The van der Waals surface area contributed by atoms with Crippen molar-refractivity contribution in [1.29, 1.82) is 0 Å². The number of carbonyl (C=O) groups excluding carboxylic acids is 1. The third kappa shape index (κ3) is 3.71. The van der Waals surface area contributed by atoms with Gasteiger partial charge in [0.1, 0.15) is 6.33 Å². The maximum Gasteiger partial charge on any atom is 0.344 e. The number of H-pyrrole nitrogens is 1. The summed E-state index contributed by atoms with van der Waals surface area (Å²) in [6, 6.07) is 7.37. The number of carbonyl (C=O) groups is 1. The lowest BCUT2D eigenvalue weighted by Crippen LogP contribution is -2.29. The molecule has 8 heteroatoms. The first kappa shape index (κ1) is 18.1. The summed E-state index contributed by atoms with van der Waals surface area (Å²) in [5.74, 6) is 0.592. The second-order valence-corrected chi connectivity index (χ2v) is 7.12. The Morgan fingerprint density at radius 3 is 2.86 bits per heavy atom. The van der Waals surface area contributed by atoms with Gasteiger partial charge >= 0.3 is 5.69 Å². The van der Waals surface area contributed by atoms with Crippen molar-refractivity contribution in [3.63, 3.8) is 0 Å². The molecule has 0 radical (unpaired) electrons. The van der Waals surface area contributed by atoms with Crippen molar-refractivity contribution in [2.45, 2.75) is 44.7 Å². The van der Waals surface area contributed by atoms with E-state index < -0.39 is 5.69 Å². The minimum atomic E-state index is -0.405. The number of aromatic amines is 1. The van der Waals surface area contributed by atoms with Gasteiger partial charge in [-0.2, -0.15) is 0 Å². The molecule has 1 aliphatic carbocycles. The maximum atomic E-state index is 12.8. The molecular formula is C20H22N6O2. The summed E-state index contributed by atoms with van der Waals surface area (Å²) in [4.78, 5) is 30.2. The third-order valence-corrected chi connectivity index (χ3v) is 5.18. The van der Waals surface area contributed by atoms with Gasteiger partial charge in [-0.3, -0.25) is 4.79 Å². The van der Waals surface area contributed by atoms with Crippen LogP contribution in [0.1, 0.15) is 60.9 Å².